The molecule has 0 aliphatic rings. The van der Waals surface area contributed by atoms with Crippen molar-refractivity contribution in [1.29, 1.82) is 0 Å². The number of carbonyl (C=O) groups excluding carboxylic acids is 2. The molecule has 0 bridgehead atoms. The van der Waals surface area contributed by atoms with Gasteiger partial charge in [0.15, 0.2) is 5.78 Å². The molecule has 0 fully saturated rings. The summed E-state index contributed by atoms with van der Waals surface area (Å²) >= 11 is 0.717. The van der Waals surface area contributed by atoms with E-state index in [1.54, 1.807) is 18.2 Å². The van der Waals surface area contributed by atoms with Crippen LogP contribution in [0.1, 0.15) is 43.1 Å². The van der Waals surface area contributed by atoms with Crippen molar-refractivity contribution in [2.45, 2.75) is 39.0 Å². The molecule has 110 valence electrons. The van der Waals surface area contributed by atoms with E-state index in [-0.39, 0.29) is 17.6 Å². The Morgan fingerprint density at radius 1 is 1.40 bits per heavy atom. The summed E-state index contributed by atoms with van der Waals surface area (Å²) in [4.78, 5) is 23.8. The van der Waals surface area contributed by atoms with Gasteiger partial charge in [-0.2, -0.15) is 0 Å². The second-order valence-corrected chi connectivity index (χ2v) is 5.47. The maximum Gasteiger partial charge on any atom is 0.251 e. The molecule has 0 aliphatic heterocycles. The van der Waals surface area contributed by atoms with Crippen molar-refractivity contribution < 1.29 is 14.1 Å². The van der Waals surface area contributed by atoms with Crippen LogP contribution in [0.3, 0.4) is 0 Å². The summed E-state index contributed by atoms with van der Waals surface area (Å²) in [7, 11) is 0. The first-order valence-corrected chi connectivity index (χ1v) is 7.60. The summed E-state index contributed by atoms with van der Waals surface area (Å²) in [6, 6.07) is 6.59. The van der Waals surface area contributed by atoms with Crippen LogP contribution < -0.4 is 5.32 Å². The monoisotopic (exact) mass is 295 g/mol. The zero-order valence-corrected chi connectivity index (χ0v) is 12.9. The van der Waals surface area contributed by atoms with Crippen molar-refractivity contribution in [2.24, 2.45) is 5.92 Å². The van der Waals surface area contributed by atoms with Gasteiger partial charge in [-0.3, -0.25) is 9.59 Å². The van der Waals surface area contributed by atoms with Gasteiger partial charge in [-0.15, -0.1) is 0 Å². The average molecular weight is 295 g/mol. The summed E-state index contributed by atoms with van der Waals surface area (Å²) in [5, 5.41) is 2.79. The molecule has 0 saturated carbocycles. The van der Waals surface area contributed by atoms with E-state index in [2.05, 4.69) is 5.32 Å². The first kappa shape index (κ1) is 16.7. The molecule has 0 aromatic heterocycles. The highest BCUT2D eigenvalue weighted by molar-refractivity contribution is 7.92. The Balaban J connectivity index is 2.83. The molecule has 0 radical (unpaired) electrons. The predicted molar refractivity (Wildman–Crippen MR) is 81.8 cm³/mol. The first-order chi connectivity index (χ1) is 9.49. The summed E-state index contributed by atoms with van der Waals surface area (Å²) in [6.07, 6.45) is 0.825. The van der Waals surface area contributed by atoms with E-state index in [1.165, 1.54) is 6.92 Å². The molecule has 20 heavy (non-hydrogen) atoms. The molecule has 2 N–H and O–H groups in total. The molecule has 1 rings (SSSR count). The molecule has 0 saturated heterocycles. The topological polar surface area (TPSA) is 66.4 Å². The van der Waals surface area contributed by atoms with E-state index in [4.69, 9.17) is 4.55 Å². The molecule has 0 aliphatic carbocycles. The number of rotatable bonds is 7. The molecular weight excluding hydrogens is 274 g/mol. The van der Waals surface area contributed by atoms with Gasteiger partial charge in [0.05, 0.1) is 6.04 Å². The van der Waals surface area contributed by atoms with Crippen molar-refractivity contribution in [3.8, 4) is 0 Å². The lowest BCUT2D eigenvalue weighted by Gasteiger charge is -2.21. The van der Waals surface area contributed by atoms with Crippen molar-refractivity contribution in [2.75, 3.05) is 0 Å². The van der Waals surface area contributed by atoms with E-state index >= 15 is 0 Å². The van der Waals surface area contributed by atoms with E-state index in [0.717, 1.165) is 12.0 Å². The van der Waals surface area contributed by atoms with Crippen LogP contribution in [0.25, 0.3) is 0 Å². The summed E-state index contributed by atoms with van der Waals surface area (Å²) in [5.74, 6) is 0.250. The number of carbonyl (C=O) groups is 2. The first-order valence-electron chi connectivity index (χ1n) is 6.66. The minimum absolute atomic E-state index is 0.0326. The number of ketones is 1. The fraction of sp³-hybridized carbons (Fsp3) is 0.467. The second kappa shape index (κ2) is 8.07. The largest absolute Gasteiger partial charge is 0.342 e. The van der Waals surface area contributed by atoms with Crippen LogP contribution in [0.2, 0.25) is 0 Å². The Labute approximate surface area is 124 Å². The third kappa shape index (κ3) is 4.65. The van der Waals surface area contributed by atoms with Gasteiger partial charge >= 0.3 is 0 Å². The van der Waals surface area contributed by atoms with Gasteiger partial charge in [-0.1, -0.05) is 32.4 Å². The number of amides is 1. The van der Waals surface area contributed by atoms with Crippen LogP contribution in [0.4, 0.5) is 0 Å². The van der Waals surface area contributed by atoms with Gasteiger partial charge in [0.25, 0.3) is 5.91 Å². The van der Waals surface area contributed by atoms with Crippen molar-refractivity contribution >= 4 is 23.7 Å². The number of hydrogen-bond donors (Lipinski definition) is 2. The third-order valence-electron chi connectivity index (χ3n) is 3.36. The summed E-state index contributed by atoms with van der Waals surface area (Å²) in [6.45, 7) is 5.44. The normalized spacial score (nSPS) is 13.6. The Morgan fingerprint density at radius 2 is 2.10 bits per heavy atom. The zero-order valence-electron chi connectivity index (χ0n) is 12.1. The number of hydrogen-bond acceptors (Lipinski definition) is 4. The van der Waals surface area contributed by atoms with Gasteiger partial charge < -0.3 is 9.87 Å². The molecule has 1 amide bonds. The lowest BCUT2D eigenvalue weighted by molar-refractivity contribution is -0.119. The maximum absolute atomic E-state index is 12.2. The molecule has 5 heteroatoms. The minimum atomic E-state index is -0.455. The number of benzene rings is 1. The van der Waals surface area contributed by atoms with E-state index in [9.17, 15) is 9.59 Å². The van der Waals surface area contributed by atoms with Crippen LogP contribution in [0.15, 0.2) is 24.3 Å². The molecule has 0 heterocycles. The molecule has 0 spiro atoms. The molecule has 2 atom stereocenters. The minimum Gasteiger partial charge on any atom is -0.342 e. The molecule has 1 unspecified atom stereocenters. The van der Waals surface area contributed by atoms with Crippen LogP contribution in [0.5, 0.6) is 0 Å². The van der Waals surface area contributed by atoms with Crippen LogP contribution in [0, 0.1) is 5.92 Å². The van der Waals surface area contributed by atoms with Gasteiger partial charge in [0.1, 0.15) is 0 Å². The zero-order chi connectivity index (χ0) is 15.1. The Morgan fingerprint density at radius 3 is 2.65 bits per heavy atom. The fourth-order valence-electron chi connectivity index (χ4n) is 1.98. The number of nitrogens with one attached hydrogen (secondary N) is 1. The van der Waals surface area contributed by atoms with Gasteiger partial charge in [-0.05, 0) is 42.6 Å². The Kier molecular flexibility index (Phi) is 6.75. The summed E-state index contributed by atoms with van der Waals surface area (Å²) in [5.41, 5.74) is 1.37. The standard InChI is InChI=1S/C15H21NO3S/c1-4-10(2)14(11(3)17)16-15(18)13-7-5-6-12(8-13)9-20-19/h5-8,10,14,19H,4,9H2,1-3H3,(H,16,18)/t10-,14?/m0/s1. The highest BCUT2D eigenvalue weighted by atomic mass is 32.2. The molecular formula is C15H21NO3S. The van der Waals surface area contributed by atoms with Crippen molar-refractivity contribution in [1.82, 2.24) is 5.32 Å². The molecule has 4 nitrogen and oxygen atoms in total. The van der Waals surface area contributed by atoms with Gasteiger partial charge in [-0.25, -0.2) is 0 Å². The second-order valence-electron chi connectivity index (χ2n) is 4.92. The highest BCUT2D eigenvalue weighted by Gasteiger charge is 2.23. The van der Waals surface area contributed by atoms with Crippen LogP contribution in [-0.2, 0) is 10.5 Å². The SMILES string of the molecule is CC[C@H](C)C(NC(=O)c1cccc(CSO)c1)C(C)=O. The molecule has 1 aromatic carbocycles. The van der Waals surface area contributed by atoms with E-state index < -0.39 is 6.04 Å². The van der Waals surface area contributed by atoms with Crippen molar-refractivity contribution in [3.05, 3.63) is 35.4 Å². The van der Waals surface area contributed by atoms with Crippen LogP contribution in [-0.4, -0.2) is 22.3 Å². The maximum atomic E-state index is 12.2. The average Bonchev–Trinajstić information content (AvgIpc) is 2.44. The van der Waals surface area contributed by atoms with Gasteiger partial charge in [0.2, 0.25) is 0 Å². The van der Waals surface area contributed by atoms with Crippen molar-refractivity contribution in [3.63, 3.8) is 0 Å². The smallest absolute Gasteiger partial charge is 0.251 e. The highest BCUT2D eigenvalue weighted by Crippen LogP contribution is 2.13. The quantitative estimate of drug-likeness (QED) is 0.758. The third-order valence-corrected chi connectivity index (χ3v) is 3.82. The predicted octanol–water partition coefficient (Wildman–Crippen LogP) is 3.13. The van der Waals surface area contributed by atoms with E-state index in [0.29, 0.717) is 23.4 Å². The van der Waals surface area contributed by atoms with E-state index in [1.807, 2.05) is 19.9 Å². The molecule has 1 aromatic rings. The number of Topliss-reactive ketones (excluding diaryl/α,β-unsaturated/α-hetero) is 1. The Bertz CT molecular complexity index is 476. The Hall–Kier alpha value is -1.33. The fourth-order valence-corrected chi connectivity index (χ4v) is 2.31. The lowest BCUT2D eigenvalue weighted by atomic mass is 9.95. The lowest BCUT2D eigenvalue weighted by Crippen LogP contribution is -2.44. The van der Waals surface area contributed by atoms with Gasteiger partial charge in [0, 0.05) is 11.3 Å². The summed E-state index contributed by atoms with van der Waals surface area (Å²) < 4.78 is 8.84. The van der Waals surface area contributed by atoms with Crippen LogP contribution >= 0.6 is 12.0 Å².